The van der Waals surface area contributed by atoms with Crippen molar-refractivity contribution in [2.24, 2.45) is 22.1 Å². The molecule has 0 bridgehead atoms. The maximum atomic E-state index is 6.21. The zero-order valence-corrected chi connectivity index (χ0v) is 17.9. The molecule has 2 fully saturated rings. The largest absolute Gasteiger partial charge is 0.462 e. The van der Waals surface area contributed by atoms with Gasteiger partial charge in [0.25, 0.3) is 6.02 Å². The van der Waals surface area contributed by atoms with E-state index in [1.54, 1.807) is 0 Å². The van der Waals surface area contributed by atoms with Crippen LogP contribution in [0.25, 0.3) is 0 Å². The maximum absolute atomic E-state index is 6.21. The highest BCUT2D eigenvalue weighted by molar-refractivity contribution is 5.77. The molecule has 4 aliphatic rings. The monoisotopic (exact) mass is 414 g/mol. The summed E-state index contributed by atoms with van der Waals surface area (Å²) in [6.07, 6.45) is 5.46. The fourth-order valence-corrected chi connectivity index (χ4v) is 4.71. The molecule has 0 radical (unpaired) electrons. The summed E-state index contributed by atoms with van der Waals surface area (Å²) in [5.74, 6) is 8.49. The van der Waals surface area contributed by atoms with E-state index in [0.29, 0.717) is 23.8 Å². The van der Waals surface area contributed by atoms with Crippen molar-refractivity contribution in [2.45, 2.75) is 38.6 Å². The van der Waals surface area contributed by atoms with Crippen molar-refractivity contribution >= 4 is 11.7 Å². The van der Waals surface area contributed by atoms with E-state index in [2.05, 4.69) is 47.7 Å². The molecule has 2 aromatic rings. The summed E-state index contributed by atoms with van der Waals surface area (Å²) >= 11 is 0. The Morgan fingerprint density at radius 2 is 2.06 bits per heavy atom. The Bertz CT molecular complexity index is 1170. The molecule has 3 aliphatic heterocycles. The van der Waals surface area contributed by atoms with Gasteiger partial charge in [0.1, 0.15) is 12.4 Å². The Kier molecular flexibility index (Phi) is 3.83. The smallest absolute Gasteiger partial charge is 0.283 e. The van der Waals surface area contributed by atoms with Gasteiger partial charge < -0.3 is 20.1 Å². The van der Waals surface area contributed by atoms with Gasteiger partial charge in [-0.2, -0.15) is 0 Å². The van der Waals surface area contributed by atoms with Crippen LogP contribution in [0.4, 0.5) is 5.69 Å². The normalized spacial score (nSPS) is 25.1. The second-order valence-corrected chi connectivity index (χ2v) is 9.84. The van der Waals surface area contributed by atoms with Gasteiger partial charge in [0.2, 0.25) is 5.88 Å². The summed E-state index contributed by atoms with van der Waals surface area (Å²) < 4.78 is 11.9. The Labute approximate surface area is 182 Å². The summed E-state index contributed by atoms with van der Waals surface area (Å²) in [5.41, 5.74) is 9.44. The lowest BCUT2D eigenvalue weighted by Gasteiger charge is -2.33. The molecule has 158 valence electrons. The third-order valence-electron chi connectivity index (χ3n) is 6.68. The first-order chi connectivity index (χ1) is 14.9. The fourth-order valence-electron chi connectivity index (χ4n) is 4.71. The van der Waals surface area contributed by atoms with Gasteiger partial charge in [0.05, 0.1) is 17.4 Å². The third kappa shape index (κ3) is 3.11. The summed E-state index contributed by atoms with van der Waals surface area (Å²) in [5, 5.41) is 0. The minimum absolute atomic E-state index is 0.195. The molecule has 1 aromatic heterocycles. The van der Waals surface area contributed by atoms with Gasteiger partial charge in [-0.05, 0) is 48.9 Å². The molecule has 31 heavy (non-hydrogen) atoms. The highest BCUT2D eigenvalue weighted by Gasteiger charge is 2.48. The molecule has 6 heteroatoms. The number of benzene rings is 1. The van der Waals surface area contributed by atoms with E-state index in [9.17, 15) is 0 Å². The topological polar surface area (TPSA) is 73.0 Å². The molecule has 6 rings (SSSR count). The quantitative estimate of drug-likeness (QED) is 0.719. The molecule has 6 nitrogen and oxygen atoms in total. The van der Waals surface area contributed by atoms with Crippen molar-refractivity contribution in [3.05, 3.63) is 47.2 Å². The van der Waals surface area contributed by atoms with Crippen LogP contribution in [0, 0.1) is 23.2 Å². The van der Waals surface area contributed by atoms with E-state index in [4.69, 9.17) is 20.2 Å². The lowest BCUT2D eigenvalue weighted by Crippen LogP contribution is -2.32. The van der Waals surface area contributed by atoms with Crippen LogP contribution in [0.5, 0.6) is 11.6 Å². The van der Waals surface area contributed by atoms with Crippen molar-refractivity contribution < 1.29 is 9.47 Å². The van der Waals surface area contributed by atoms with Gasteiger partial charge >= 0.3 is 0 Å². The van der Waals surface area contributed by atoms with E-state index < -0.39 is 5.54 Å². The van der Waals surface area contributed by atoms with Crippen LogP contribution < -0.4 is 15.4 Å². The molecule has 1 saturated heterocycles. The van der Waals surface area contributed by atoms with Crippen LogP contribution in [0.2, 0.25) is 0 Å². The molecule has 0 unspecified atom stereocenters. The Morgan fingerprint density at radius 3 is 2.77 bits per heavy atom. The van der Waals surface area contributed by atoms with Crippen LogP contribution in [-0.2, 0) is 10.3 Å². The number of nitrogens with zero attached hydrogens (tertiary/aromatic N) is 3. The number of pyridine rings is 1. The minimum atomic E-state index is -0.761. The zero-order valence-electron chi connectivity index (χ0n) is 17.9. The van der Waals surface area contributed by atoms with Crippen LogP contribution in [0.3, 0.4) is 0 Å². The minimum Gasteiger partial charge on any atom is -0.462 e. The lowest BCUT2D eigenvalue weighted by molar-refractivity contribution is 0.262. The van der Waals surface area contributed by atoms with Crippen LogP contribution >= 0.6 is 0 Å². The molecular formula is C25H26N4O2. The predicted molar refractivity (Wildman–Crippen MR) is 119 cm³/mol. The summed E-state index contributed by atoms with van der Waals surface area (Å²) in [6.45, 7) is 6.96. The van der Waals surface area contributed by atoms with Crippen molar-refractivity contribution in [1.82, 2.24) is 4.98 Å². The number of anilines is 1. The molecule has 1 spiro atoms. The third-order valence-corrected chi connectivity index (χ3v) is 6.68. The highest BCUT2D eigenvalue weighted by atomic mass is 16.5. The summed E-state index contributed by atoms with van der Waals surface area (Å²) in [4.78, 5) is 11.9. The average molecular weight is 415 g/mol. The van der Waals surface area contributed by atoms with E-state index >= 15 is 0 Å². The Balaban J connectivity index is 1.46. The highest BCUT2D eigenvalue weighted by Crippen LogP contribution is 2.51. The second-order valence-electron chi connectivity index (χ2n) is 9.84. The summed E-state index contributed by atoms with van der Waals surface area (Å²) in [7, 11) is 0. The standard InChI is InChI=1S/C25H26N4O2/c1-24(2)9-10-29(14-24)18-12-20-22(27-13-18)31-21-8-7-17(6-5-16-3-4-16)11-19(21)25(20)15-30-23(26)28-25/h7-8,11-13,16H,3-4,9-10,14-15H2,1-2H3,(H2,26,28)/t25-/m0/s1. The fraction of sp³-hybridized carbons (Fsp3) is 0.440. The number of rotatable bonds is 1. The number of hydrogen-bond acceptors (Lipinski definition) is 6. The zero-order chi connectivity index (χ0) is 21.2. The van der Waals surface area contributed by atoms with E-state index in [-0.39, 0.29) is 6.02 Å². The van der Waals surface area contributed by atoms with Gasteiger partial charge in [-0.1, -0.05) is 25.7 Å². The molecule has 1 atom stereocenters. The van der Waals surface area contributed by atoms with Gasteiger partial charge in [0.15, 0.2) is 5.54 Å². The predicted octanol–water partition coefficient (Wildman–Crippen LogP) is 3.77. The van der Waals surface area contributed by atoms with E-state index in [0.717, 1.165) is 47.6 Å². The van der Waals surface area contributed by atoms with Crippen molar-refractivity contribution in [3.63, 3.8) is 0 Å². The second kappa shape index (κ2) is 6.40. The number of nitrogens with two attached hydrogens (primary N) is 1. The maximum Gasteiger partial charge on any atom is 0.283 e. The molecule has 2 N–H and O–H groups in total. The Morgan fingerprint density at radius 1 is 1.19 bits per heavy atom. The molecule has 1 aromatic carbocycles. The van der Waals surface area contributed by atoms with Crippen molar-refractivity contribution in [2.75, 3.05) is 24.6 Å². The number of aromatic nitrogens is 1. The van der Waals surface area contributed by atoms with Gasteiger partial charge in [-0.25, -0.2) is 9.98 Å². The molecule has 4 heterocycles. The first-order valence-corrected chi connectivity index (χ1v) is 11.0. The molecule has 1 aliphatic carbocycles. The van der Waals surface area contributed by atoms with E-state index in [1.807, 2.05) is 18.3 Å². The first-order valence-electron chi connectivity index (χ1n) is 11.0. The van der Waals surface area contributed by atoms with Crippen molar-refractivity contribution in [1.29, 1.82) is 0 Å². The number of amidine groups is 1. The first kappa shape index (κ1) is 18.6. The Hall–Kier alpha value is -3.20. The molecule has 1 saturated carbocycles. The SMILES string of the molecule is CC1(C)CCN(c2cnc3c(c2)[C@]2(COC(N)=N2)c2cc(C#CC4CC4)ccc2O3)C1. The summed E-state index contributed by atoms with van der Waals surface area (Å²) in [6, 6.07) is 8.38. The molecule has 0 amide bonds. The number of aliphatic imine (C=N–C) groups is 1. The number of hydrogen-bond donors (Lipinski definition) is 1. The van der Waals surface area contributed by atoms with Gasteiger partial charge in [0, 0.05) is 30.1 Å². The molecular weight excluding hydrogens is 388 g/mol. The van der Waals surface area contributed by atoms with Crippen LogP contribution in [-0.4, -0.2) is 30.7 Å². The average Bonchev–Trinajstić information content (AvgIpc) is 3.40. The lowest BCUT2D eigenvalue weighted by atomic mass is 9.81. The van der Waals surface area contributed by atoms with Crippen LogP contribution in [0.1, 0.15) is 49.8 Å². The van der Waals surface area contributed by atoms with Crippen molar-refractivity contribution in [3.8, 4) is 23.5 Å². The number of fused-ring (bicyclic) bond motifs is 4. The van der Waals surface area contributed by atoms with Gasteiger partial charge in [-0.15, -0.1) is 0 Å². The number of ether oxygens (including phenoxy) is 2. The van der Waals surface area contributed by atoms with Crippen LogP contribution in [0.15, 0.2) is 35.5 Å². The van der Waals surface area contributed by atoms with Gasteiger partial charge in [-0.3, -0.25) is 0 Å². The van der Waals surface area contributed by atoms with E-state index in [1.165, 1.54) is 12.8 Å².